The first kappa shape index (κ1) is 20.4. The van der Waals surface area contributed by atoms with Gasteiger partial charge in [-0.2, -0.15) is 0 Å². The summed E-state index contributed by atoms with van der Waals surface area (Å²) in [5, 5.41) is 21.1. The number of ether oxygens (including phenoxy) is 5. The molecule has 0 spiro atoms. The third-order valence-corrected chi connectivity index (χ3v) is 6.05. The molecule has 7 heteroatoms. The van der Waals surface area contributed by atoms with Crippen molar-refractivity contribution >= 4 is 0 Å². The minimum absolute atomic E-state index is 0.136. The molecule has 0 amide bonds. The van der Waals surface area contributed by atoms with Crippen molar-refractivity contribution in [3.8, 4) is 28.7 Å². The van der Waals surface area contributed by atoms with E-state index in [1.807, 2.05) is 18.2 Å². The summed E-state index contributed by atoms with van der Waals surface area (Å²) in [4.78, 5) is 0. The number of methoxy groups -OCH3 is 3. The van der Waals surface area contributed by atoms with Crippen molar-refractivity contribution in [2.75, 3.05) is 34.7 Å². The first-order chi connectivity index (χ1) is 14.6. The number of rotatable bonds is 6. The molecule has 1 heterocycles. The van der Waals surface area contributed by atoms with Gasteiger partial charge in [0.1, 0.15) is 0 Å². The number of benzene rings is 2. The number of aliphatic hydroxyl groups is 2. The van der Waals surface area contributed by atoms with Crippen LogP contribution in [0.4, 0.5) is 0 Å². The zero-order chi connectivity index (χ0) is 21.4. The summed E-state index contributed by atoms with van der Waals surface area (Å²) in [6.45, 7) is 3.94. The number of aliphatic hydroxyl groups excluding tert-OH is 2. The van der Waals surface area contributed by atoms with Crippen molar-refractivity contribution in [1.29, 1.82) is 0 Å². The molecule has 30 heavy (non-hydrogen) atoms. The Balaban J connectivity index is 1.96. The number of allylic oxidation sites excluding steroid dienone is 1. The lowest BCUT2D eigenvalue weighted by atomic mass is 9.65. The van der Waals surface area contributed by atoms with Crippen molar-refractivity contribution < 1.29 is 33.9 Å². The van der Waals surface area contributed by atoms with E-state index in [9.17, 15) is 10.2 Å². The molecule has 4 rings (SSSR count). The fourth-order valence-corrected chi connectivity index (χ4v) is 4.61. The highest BCUT2D eigenvalue weighted by atomic mass is 16.7. The summed E-state index contributed by atoms with van der Waals surface area (Å²) < 4.78 is 27.6. The molecule has 4 atom stereocenters. The van der Waals surface area contributed by atoms with Gasteiger partial charge in [0.05, 0.1) is 27.4 Å². The Morgan fingerprint density at radius 3 is 2.10 bits per heavy atom. The molecule has 0 fully saturated rings. The number of fused-ring (bicyclic) bond motifs is 2. The van der Waals surface area contributed by atoms with Crippen LogP contribution in [0.25, 0.3) is 0 Å². The quantitative estimate of drug-likeness (QED) is 0.703. The Morgan fingerprint density at radius 1 is 1.00 bits per heavy atom. The van der Waals surface area contributed by atoms with E-state index in [1.54, 1.807) is 33.5 Å². The highest BCUT2D eigenvalue weighted by Gasteiger charge is 2.43. The van der Waals surface area contributed by atoms with Crippen LogP contribution < -0.4 is 23.7 Å². The van der Waals surface area contributed by atoms with Crippen LogP contribution in [-0.4, -0.2) is 44.9 Å². The third-order valence-electron chi connectivity index (χ3n) is 6.05. The van der Waals surface area contributed by atoms with Gasteiger partial charge in [-0.25, -0.2) is 0 Å². The normalized spacial score (nSPS) is 24.2. The molecular formula is C23H26O7. The van der Waals surface area contributed by atoms with Crippen LogP contribution in [0, 0.1) is 11.8 Å². The number of hydrogen-bond acceptors (Lipinski definition) is 7. The second-order valence-electron chi connectivity index (χ2n) is 7.38. The minimum Gasteiger partial charge on any atom is -0.493 e. The zero-order valence-electron chi connectivity index (χ0n) is 17.3. The topological polar surface area (TPSA) is 86.6 Å². The predicted octanol–water partition coefficient (Wildman–Crippen LogP) is 3.03. The first-order valence-electron chi connectivity index (χ1n) is 9.72. The molecule has 0 unspecified atom stereocenters. The van der Waals surface area contributed by atoms with Gasteiger partial charge in [0, 0.05) is 18.4 Å². The van der Waals surface area contributed by atoms with E-state index < -0.39 is 12.0 Å². The van der Waals surface area contributed by atoms with E-state index in [0.717, 1.165) is 11.1 Å². The molecule has 7 nitrogen and oxygen atoms in total. The molecule has 0 radical (unpaired) electrons. The van der Waals surface area contributed by atoms with Crippen LogP contribution in [-0.2, 0) is 0 Å². The van der Waals surface area contributed by atoms with Gasteiger partial charge < -0.3 is 33.9 Å². The molecule has 2 N–H and O–H groups in total. The Kier molecular flexibility index (Phi) is 5.49. The molecule has 1 aliphatic carbocycles. The monoisotopic (exact) mass is 414 g/mol. The van der Waals surface area contributed by atoms with Gasteiger partial charge in [-0.15, -0.1) is 6.58 Å². The Morgan fingerprint density at radius 2 is 1.60 bits per heavy atom. The summed E-state index contributed by atoms with van der Waals surface area (Å²) in [5.41, 5.74) is 2.48. The van der Waals surface area contributed by atoms with E-state index in [2.05, 4.69) is 6.58 Å². The van der Waals surface area contributed by atoms with Crippen LogP contribution in [0.5, 0.6) is 28.7 Å². The highest BCUT2D eigenvalue weighted by Crippen LogP contribution is 2.53. The maximum atomic E-state index is 11.0. The molecule has 0 aromatic heterocycles. The molecule has 1 aliphatic heterocycles. The Labute approximate surface area is 175 Å². The van der Waals surface area contributed by atoms with E-state index in [1.165, 1.54) is 0 Å². The van der Waals surface area contributed by atoms with Gasteiger partial charge in [0.2, 0.25) is 12.5 Å². The lowest BCUT2D eigenvalue weighted by Crippen LogP contribution is -2.35. The zero-order valence-corrected chi connectivity index (χ0v) is 17.3. The van der Waals surface area contributed by atoms with Gasteiger partial charge in [-0.3, -0.25) is 0 Å². The van der Waals surface area contributed by atoms with Crippen LogP contribution in [0.2, 0.25) is 0 Å². The minimum atomic E-state index is -0.860. The first-order valence-corrected chi connectivity index (χ1v) is 9.72. The largest absolute Gasteiger partial charge is 0.493 e. The lowest BCUT2D eigenvalue weighted by Gasteiger charge is -2.41. The van der Waals surface area contributed by atoms with Crippen molar-refractivity contribution in [2.24, 2.45) is 11.8 Å². The average molecular weight is 414 g/mol. The molecule has 2 aromatic rings. The summed E-state index contributed by atoms with van der Waals surface area (Å²) in [5.74, 6) is 1.89. The predicted molar refractivity (Wildman–Crippen MR) is 110 cm³/mol. The van der Waals surface area contributed by atoms with E-state index >= 15 is 0 Å². The van der Waals surface area contributed by atoms with E-state index in [0.29, 0.717) is 34.3 Å². The Hall–Kier alpha value is -2.90. The summed E-state index contributed by atoms with van der Waals surface area (Å²) in [6.07, 6.45) is 0.923. The smallest absolute Gasteiger partial charge is 0.231 e. The third kappa shape index (κ3) is 3.05. The molecule has 160 valence electrons. The maximum absolute atomic E-state index is 11.0. The van der Waals surface area contributed by atoms with Crippen molar-refractivity contribution in [3.05, 3.63) is 53.6 Å². The van der Waals surface area contributed by atoms with Crippen LogP contribution in [0.1, 0.15) is 28.7 Å². The second kappa shape index (κ2) is 8.08. The summed E-state index contributed by atoms with van der Waals surface area (Å²) in [6, 6.07) is 7.49. The number of hydrogen-bond donors (Lipinski definition) is 2. The highest BCUT2D eigenvalue weighted by molar-refractivity contribution is 5.59. The Bertz CT molecular complexity index is 930. The molecule has 0 saturated carbocycles. The van der Waals surface area contributed by atoms with Gasteiger partial charge in [-0.1, -0.05) is 6.08 Å². The summed E-state index contributed by atoms with van der Waals surface area (Å²) >= 11 is 0. The van der Waals surface area contributed by atoms with Crippen molar-refractivity contribution in [1.82, 2.24) is 0 Å². The standard InChI is InChI=1S/C23H26O7/c1-5-13-16(10-24)22(25)15-9-18-17(29-11-30-18)8-14(15)21(13)12-6-19(26-2)23(28-4)20(7-12)27-3/h5-9,13,16,21-22,24-25H,1,10-11H2,2-4H3/t13-,16+,21+,22-/m1/s1. The van der Waals surface area contributed by atoms with Gasteiger partial charge in [0.25, 0.3) is 0 Å². The molecule has 0 bridgehead atoms. The van der Waals surface area contributed by atoms with Crippen LogP contribution >= 0.6 is 0 Å². The SMILES string of the molecule is C=C[C@H]1[C@H](c2cc(OC)c(OC)c(OC)c2)c2cc3c(cc2[C@@H](O)[C@H]1CO)OCO3. The van der Waals surface area contributed by atoms with Crippen molar-refractivity contribution in [3.63, 3.8) is 0 Å². The van der Waals surface area contributed by atoms with E-state index in [-0.39, 0.29) is 25.2 Å². The lowest BCUT2D eigenvalue weighted by molar-refractivity contribution is 0.0287. The molecule has 2 aromatic carbocycles. The molecule has 2 aliphatic rings. The van der Waals surface area contributed by atoms with Crippen molar-refractivity contribution in [2.45, 2.75) is 12.0 Å². The summed E-state index contributed by atoms with van der Waals surface area (Å²) in [7, 11) is 4.69. The van der Waals surface area contributed by atoms with E-state index in [4.69, 9.17) is 23.7 Å². The fourth-order valence-electron chi connectivity index (χ4n) is 4.61. The van der Waals surface area contributed by atoms with Gasteiger partial charge in [-0.05, 0) is 46.9 Å². The van der Waals surface area contributed by atoms with Gasteiger partial charge in [0.15, 0.2) is 23.0 Å². The fraction of sp³-hybridized carbons (Fsp3) is 0.391. The van der Waals surface area contributed by atoms with Crippen LogP contribution in [0.15, 0.2) is 36.9 Å². The molecular weight excluding hydrogens is 388 g/mol. The van der Waals surface area contributed by atoms with Crippen LogP contribution in [0.3, 0.4) is 0 Å². The average Bonchev–Trinajstić information content (AvgIpc) is 3.24. The molecule has 0 saturated heterocycles. The second-order valence-corrected chi connectivity index (χ2v) is 7.38. The van der Waals surface area contributed by atoms with Gasteiger partial charge >= 0.3 is 0 Å². The maximum Gasteiger partial charge on any atom is 0.231 e.